The number of carboxylic acid groups (broad SMARTS) is 2. The van der Waals surface area contributed by atoms with Crippen LogP contribution >= 0.6 is 0 Å². The van der Waals surface area contributed by atoms with Gasteiger partial charge in [0.1, 0.15) is 0 Å². The summed E-state index contributed by atoms with van der Waals surface area (Å²) in [4.78, 5) is 21.4. The number of aliphatic hydroxyl groups is 2. The van der Waals surface area contributed by atoms with Gasteiger partial charge in [0.05, 0.1) is 18.2 Å². The molecule has 1 aliphatic rings. The average molecular weight is 368 g/mol. The van der Waals surface area contributed by atoms with Crippen molar-refractivity contribution in [3.63, 3.8) is 0 Å². The van der Waals surface area contributed by atoms with Crippen LogP contribution in [0, 0.1) is 5.41 Å². The van der Waals surface area contributed by atoms with Crippen molar-refractivity contribution in [1.29, 1.82) is 0 Å². The van der Waals surface area contributed by atoms with E-state index in [-0.39, 0.29) is 74.6 Å². The molecule has 1 saturated carbocycles. The van der Waals surface area contributed by atoms with Gasteiger partial charge in [-0.3, -0.25) is 0 Å². The second-order valence-electron chi connectivity index (χ2n) is 4.34. The van der Waals surface area contributed by atoms with Crippen LogP contribution in [0.5, 0.6) is 0 Å². The predicted octanol–water partition coefficient (Wildman–Crippen LogP) is -3.22. The molecule has 0 radical (unpaired) electrons. The largest absolute Gasteiger partial charge is 2.00 e. The first-order valence-electron chi connectivity index (χ1n) is 5.16. The molecule has 0 bridgehead atoms. The van der Waals surface area contributed by atoms with E-state index in [1.165, 1.54) is 0 Å². The van der Waals surface area contributed by atoms with E-state index in [1.807, 2.05) is 0 Å². The van der Waals surface area contributed by atoms with Crippen LogP contribution in [0.3, 0.4) is 0 Å². The van der Waals surface area contributed by atoms with E-state index in [4.69, 9.17) is 5.11 Å². The smallest absolute Gasteiger partial charge is 0.550 e. The first kappa shape index (κ1) is 17.4. The molecule has 0 amide bonds. The monoisotopic (exact) mass is 368 g/mol. The molecule has 1 aliphatic carbocycles. The van der Waals surface area contributed by atoms with Gasteiger partial charge in [0.15, 0.2) is 0 Å². The van der Waals surface area contributed by atoms with Crippen molar-refractivity contribution in [2.45, 2.75) is 44.3 Å². The number of hydrogen-bond donors (Lipinski definition) is 2. The van der Waals surface area contributed by atoms with Gasteiger partial charge < -0.3 is 30.0 Å². The second kappa shape index (κ2) is 7.13. The molecule has 0 aliphatic heterocycles. The molecule has 0 heterocycles. The summed E-state index contributed by atoms with van der Waals surface area (Å²) in [5.41, 5.74) is -1.36. The molecular weight excluding hydrogens is 353 g/mol. The fraction of sp³-hybridized carbons (Fsp3) is 0.800. The van der Waals surface area contributed by atoms with Crippen molar-refractivity contribution in [2.24, 2.45) is 5.41 Å². The Bertz CT molecular complexity index is 285. The summed E-state index contributed by atoms with van der Waals surface area (Å²) in [6.45, 7) is 0. The van der Waals surface area contributed by atoms with Gasteiger partial charge in [-0.25, -0.2) is 0 Å². The number of rotatable bonds is 4. The number of carbonyl (C=O) groups excluding carboxylic acids is 2. The first-order valence-corrected chi connectivity index (χ1v) is 5.16. The van der Waals surface area contributed by atoms with E-state index in [0.717, 1.165) is 0 Å². The van der Waals surface area contributed by atoms with E-state index >= 15 is 0 Å². The maximum atomic E-state index is 11.0. The van der Waals surface area contributed by atoms with E-state index in [2.05, 4.69) is 0 Å². The molecule has 0 aromatic heterocycles. The van der Waals surface area contributed by atoms with Gasteiger partial charge >= 0.3 is 48.9 Å². The normalized spacial score (nSPS) is 30.1. The van der Waals surface area contributed by atoms with Crippen LogP contribution in [0.15, 0.2) is 0 Å². The molecule has 6 nitrogen and oxygen atoms in total. The molecule has 1 fully saturated rings. The predicted molar refractivity (Wildman–Crippen MR) is 53.3 cm³/mol. The van der Waals surface area contributed by atoms with Crippen LogP contribution in [0.2, 0.25) is 0 Å². The minimum absolute atomic E-state index is 0. The average Bonchev–Trinajstić information content (AvgIpc) is 2.21. The molecule has 17 heavy (non-hydrogen) atoms. The third-order valence-corrected chi connectivity index (χ3v) is 3.20. The SMILES string of the molecule is O=C([O-])C(O)CC1(C(=O)[O-])CCC(O)CC1.[Ba+2]. The zero-order valence-electron chi connectivity index (χ0n) is 9.42. The second-order valence-corrected chi connectivity index (χ2v) is 4.34. The van der Waals surface area contributed by atoms with Gasteiger partial charge in [0, 0.05) is 11.4 Å². The van der Waals surface area contributed by atoms with Crippen LogP contribution in [-0.4, -0.2) is 83.2 Å². The summed E-state index contributed by atoms with van der Waals surface area (Å²) in [6.07, 6.45) is -2.03. The fourth-order valence-electron chi connectivity index (χ4n) is 2.10. The minimum atomic E-state index is -1.81. The Morgan fingerprint density at radius 1 is 1.29 bits per heavy atom. The van der Waals surface area contributed by atoms with Crippen molar-refractivity contribution in [2.75, 3.05) is 0 Å². The topological polar surface area (TPSA) is 121 Å². The van der Waals surface area contributed by atoms with Gasteiger partial charge in [0.2, 0.25) is 0 Å². The molecule has 1 rings (SSSR count). The van der Waals surface area contributed by atoms with E-state index in [0.29, 0.717) is 0 Å². The summed E-state index contributed by atoms with van der Waals surface area (Å²) in [5.74, 6) is -3.06. The Morgan fingerprint density at radius 2 is 1.76 bits per heavy atom. The number of aliphatic hydroxyl groups excluding tert-OH is 2. The molecule has 1 atom stereocenters. The van der Waals surface area contributed by atoms with Gasteiger partial charge in [-0.05, 0) is 32.1 Å². The Balaban J connectivity index is 0.00000256. The van der Waals surface area contributed by atoms with Crippen molar-refractivity contribution < 1.29 is 30.0 Å². The van der Waals surface area contributed by atoms with Crippen molar-refractivity contribution in [3.05, 3.63) is 0 Å². The first-order chi connectivity index (χ1) is 7.37. The fourth-order valence-corrected chi connectivity index (χ4v) is 2.10. The minimum Gasteiger partial charge on any atom is -0.550 e. The van der Waals surface area contributed by atoms with Gasteiger partial charge in [-0.2, -0.15) is 0 Å². The summed E-state index contributed by atoms with van der Waals surface area (Å²) in [5, 5.41) is 39.8. The van der Waals surface area contributed by atoms with Crippen LogP contribution in [0.25, 0.3) is 0 Å². The molecule has 1 unspecified atom stereocenters. The molecule has 92 valence electrons. The Kier molecular flexibility index (Phi) is 7.31. The summed E-state index contributed by atoms with van der Waals surface area (Å²) in [6, 6.07) is 0. The quantitative estimate of drug-likeness (QED) is 0.504. The molecule has 0 aromatic rings. The van der Waals surface area contributed by atoms with Crippen molar-refractivity contribution in [3.8, 4) is 0 Å². The third-order valence-electron chi connectivity index (χ3n) is 3.20. The number of carboxylic acids is 2. The van der Waals surface area contributed by atoms with E-state index in [1.54, 1.807) is 0 Å². The number of hydrogen-bond acceptors (Lipinski definition) is 6. The van der Waals surface area contributed by atoms with Crippen molar-refractivity contribution >= 4 is 60.8 Å². The molecule has 7 heteroatoms. The maximum Gasteiger partial charge on any atom is 2.00 e. The van der Waals surface area contributed by atoms with Gasteiger partial charge in [-0.1, -0.05) is 0 Å². The van der Waals surface area contributed by atoms with Crippen LogP contribution < -0.4 is 10.2 Å². The molecule has 0 aromatic carbocycles. The van der Waals surface area contributed by atoms with Crippen LogP contribution in [0.4, 0.5) is 0 Å². The molecule has 0 spiro atoms. The van der Waals surface area contributed by atoms with Crippen molar-refractivity contribution in [1.82, 2.24) is 0 Å². The summed E-state index contributed by atoms with van der Waals surface area (Å²) in [7, 11) is 0. The Labute approximate surface area is 139 Å². The molecule has 2 N–H and O–H groups in total. The Hall–Kier alpha value is 0.431. The zero-order chi connectivity index (χ0) is 12.3. The Morgan fingerprint density at radius 3 is 2.12 bits per heavy atom. The van der Waals surface area contributed by atoms with Gasteiger partial charge in [0.25, 0.3) is 0 Å². The summed E-state index contributed by atoms with van der Waals surface area (Å²) < 4.78 is 0. The van der Waals surface area contributed by atoms with Crippen LogP contribution in [0.1, 0.15) is 32.1 Å². The summed E-state index contributed by atoms with van der Waals surface area (Å²) >= 11 is 0. The third kappa shape index (κ3) is 4.55. The zero-order valence-corrected chi connectivity index (χ0v) is 13.9. The molecule has 0 saturated heterocycles. The number of carbonyl (C=O) groups is 2. The standard InChI is InChI=1S/C10H16O6.Ba/c11-6-1-3-10(4-2-6,9(15)16)5-7(12)8(13)14;/h6-7,11-12H,1-5H2,(H,13,14)(H,15,16);/q;+2/p-2. The van der Waals surface area contributed by atoms with E-state index < -0.39 is 36.0 Å². The van der Waals surface area contributed by atoms with Crippen LogP contribution in [-0.2, 0) is 9.59 Å². The number of aliphatic carboxylic acids is 2. The van der Waals surface area contributed by atoms with E-state index in [9.17, 15) is 24.9 Å². The maximum absolute atomic E-state index is 11.0. The van der Waals surface area contributed by atoms with Gasteiger partial charge in [-0.15, -0.1) is 0 Å². The molecular formula is C10H14BaO6.